The summed E-state index contributed by atoms with van der Waals surface area (Å²) in [6.45, 7) is 6.23. The van der Waals surface area contributed by atoms with Gasteiger partial charge in [-0.25, -0.2) is 4.79 Å². The zero-order chi connectivity index (χ0) is 16.5. The van der Waals surface area contributed by atoms with Gasteiger partial charge in [-0.1, -0.05) is 30.0 Å². The SMILES string of the molecule is CC(C)(C)[NH3+].O=C([O-])/C(=C\C#Cc1ccccc1)C(=O)O. The van der Waals surface area contributed by atoms with Crippen LogP contribution in [0.4, 0.5) is 0 Å². The summed E-state index contributed by atoms with van der Waals surface area (Å²) in [4.78, 5) is 20.8. The van der Waals surface area contributed by atoms with Crippen LogP contribution in [-0.2, 0) is 9.59 Å². The molecule has 0 unspecified atom stereocenters. The second-order valence-corrected chi connectivity index (χ2v) is 5.35. The van der Waals surface area contributed by atoms with Gasteiger partial charge < -0.3 is 20.7 Å². The predicted molar refractivity (Wildman–Crippen MR) is 76.7 cm³/mol. The number of quaternary nitrogens is 1. The van der Waals surface area contributed by atoms with Gasteiger partial charge in [0.15, 0.2) is 0 Å². The van der Waals surface area contributed by atoms with Gasteiger partial charge in [0.25, 0.3) is 0 Å². The molecule has 0 aliphatic carbocycles. The molecule has 0 saturated heterocycles. The van der Waals surface area contributed by atoms with Crippen LogP contribution >= 0.6 is 0 Å². The number of allylic oxidation sites excluding steroid dienone is 1. The van der Waals surface area contributed by atoms with Crippen molar-refractivity contribution < 1.29 is 25.5 Å². The van der Waals surface area contributed by atoms with Gasteiger partial charge in [-0.2, -0.15) is 0 Å². The molecule has 112 valence electrons. The van der Waals surface area contributed by atoms with Crippen LogP contribution in [0, 0.1) is 11.8 Å². The number of hydrogen-bond donors (Lipinski definition) is 2. The summed E-state index contributed by atoms with van der Waals surface area (Å²) < 4.78 is 0. The maximum atomic E-state index is 10.4. The molecule has 0 fully saturated rings. The van der Waals surface area contributed by atoms with Crippen LogP contribution in [0.1, 0.15) is 26.3 Å². The number of carboxylic acids is 2. The topological polar surface area (TPSA) is 105 Å². The first-order chi connectivity index (χ1) is 9.61. The van der Waals surface area contributed by atoms with E-state index in [4.69, 9.17) is 5.11 Å². The molecule has 0 radical (unpaired) electrons. The molecule has 0 aliphatic heterocycles. The van der Waals surface area contributed by atoms with E-state index in [-0.39, 0.29) is 5.54 Å². The summed E-state index contributed by atoms with van der Waals surface area (Å²) in [7, 11) is 0. The monoisotopic (exact) mass is 289 g/mol. The van der Waals surface area contributed by atoms with Crippen molar-refractivity contribution in [3.63, 3.8) is 0 Å². The fourth-order valence-electron chi connectivity index (χ4n) is 0.921. The number of rotatable bonds is 2. The molecule has 0 aliphatic rings. The second-order valence-electron chi connectivity index (χ2n) is 5.35. The van der Waals surface area contributed by atoms with Crippen molar-refractivity contribution in [3.8, 4) is 11.8 Å². The van der Waals surface area contributed by atoms with Crippen molar-refractivity contribution >= 4 is 11.9 Å². The molecule has 1 rings (SSSR count). The molecule has 5 nitrogen and oxygen atoms in total. The van der Waals surface area contributed by atoms with E-state index < -0.39 is 17.5 Å². The molecule has 0 saturated carbocycles. The van der Waals surface area contributed by atoms with Crippen molar-refractivity contribution in [1.82, 2.24) is 0 Å². The van der Waals surface area contributed by atoms with E-state index in [9.17, 15) is 14.7 Å². The Morgan fingerprint density at radius 3 is 2.10 bits per heavy atom. The molecule has 1 aromatic carbocycles. The Bertz CT molecular complexity index is 550. The van der Waals surface area contributed by atoms with E-state index in [0.717, 1.165) is 6.08 Å². The Kier molecular flexibility index (Phi) is 7.51. The minimum absolute atomic E-state index is 0.250. The Labute approximate surface area is 124 Å². The average molecular weight is 289 g/mol. The summed E-state index contributed by atoms with van der Waals surface area (Å²) >= 11 is 0. The fourth-order valence-corrected chi connectivity index (χ4v) is 0.921. The highest BCUT2D eigenvalue weighted by atomic mass is 16.4. The smallest absolute Gasteiger partial charge is 0.338 e. The second kappa shape index (κ2) is 8.56. The fraction of sp³-hybridized carbons (Fsp3) is 0.250. The predicted octanol–water partition coefficient (Wildman–Crippen LogP) is -0.174. The number of hydrogen-bond acceptors (Lipinski definition) is 3. The third kappa shape index (κ3) is 11.0. The Morgan fingerprint density at radius 1 is 1.24 bits per heavy atom. The number of benzene rings is 1. The van der Waals surface area contributed by atoms with Gasteiger partial charge in [0, 0.05) is 11.6 Å². The summed E-state index contributed by atoms with van der Waals surface area (Å²) in [5.74, 6) is 1.63. The van der Waals surface area contributed by atoms with Crippen LogP contribution in [0.15, 0.2) is 42.0 Å². The first-order valence-corrected chi connectivity index (χ1v) is 6.18. The molecular formula is C16H19NO4. The van der Waals surface area contributed by atoms with Crippen molar-refractivity contribution in [3.05, 3.63) is 47.5 Å². The molecule has 0 aromatic heterocycles. The normalized spacial score (nSPS) is 10.6. The quantitative estimate of drug-likeness (QED) is 0.341. The molecule has 0 bridgehead atoms. The lowest BCUT2D eigenvalue weighted by Gasteiger charge is -2.01. The molecule has 5 heteroatoms. The number of carboxylic acid groups (broad SMARTS) is 2. The van der Waals surface area contributed by atoms with E-state index in [2.05, 4.69) is 38.3 Å². The summed E-state index contributed by atoms with van der Waals surface area (Å²) in [6, 6.07) is 8.79. The van der Waals surface area contributed by atoms with Crippen molar-refractivity contribution in [2.75, 3.05) is 0 Å². The Balaban J connectivity index is 0.000000690. The Hall–Kier alpha value is -2.58. The highest BCUT2D eigenvalue weighted by Crippen LogP contribution is 1.96. The first kappa shape index (κ1) is 18.4. The number of aliphatic carboxylic acids is 2. The van der Waals surface area contributed by atoms with Gasteiger partial charge in [-0.3, -0.25) is 0 Å². The van der Waals surface area contributed by atoms with E-state index in [1.165, 1.54) is 0 Å². The number of carbonyl (C=O) groups excluding carboxylic acids is 1. The van der Waals surface area contributed by atoms with Crippen molar-refractivity contribution in [2.24, 2.45) is 0 Å². The summed E-state index contributed by atoms with van der Waals surface area (Å²) in [5, 5.41) is 18.8. The largest absolute Gasteiger partial charge is 0.545 e. The average Bonchev–Trinajstić information content (AvgIpc) is 2.33. The van der Waals surface area contributed by atoms with Gasteiger partial charge in [0.2, 0.25) is 0 Å². The van der Waals surface area contributed by atoms with Crippen molar-refractivity contribution in [1.29, 1.82) is 0 Å². The Morgan fingerprint density at radius 2 is 1.71 bits per heavy atom. The lowest BCUT2D eigenvalue weighted by Crippen LogP contribution is -2.67. The third-order valence-electron chi connectivity index (χ3n) is 1.66. The van der Waals surface area contributed by atoms with Gasteiger partial charge >= 0.3 is 5.97 Å². The van der Waals surface area contributed by atoms with Gasteiger partial charge in [0.1, 0.15) is 0 Å². The summed E-state index contributed by atoms with van der Waals surface area (Å²) in [6.07, 6.45) is 0.810. The van der Waals surface area contributed by atoms with E-state index in [1.807, 2.05) is 6.07 Å². The highest BCUT2D eigenvalue weighted by molar-refractivity contribution is 6.11. The third-order valence-corrected chi connectivity index (χ3v) is 1.66. The molecular weight excluding hydrogens is 270 g/mol. The van der Waals surface area contributed by atoms with E-state index in [1.54, 1.807) is 24.3 Å². The number of carbonyl (C=O) groups is 2. The maximum absolute atomic E-state index is 10.4. The molecule has 1 aromatic rings. The van der Waals surface area contributed by atoms with Crippen LogP contribution in [-0.4, -0.2) is 22.6 Å². The lowest BCUT2D eigenvalue weighted by molar-refractivity contribution is -0.458. The lowest BCUT2D eigenvalue weighted by atomic mass is 10.1. The molecule has 0 atom stereocenters. The molecule has 0 heterocycles. The minimum Gasteiger partial charge on any atom is -0.545 e. The molecule has 0 amide bonds. The minimum atomic E-state index is -1.75. The van der Waals surface area contributed by atoms with E-state index in [0.29, 0.717) is 5.56 Å². The van der Waals surface area contributed by atoms with Crippen LogP contribution < -0.4 is 10.8 Å². The van der Waals surface area contributed by atoms with Crippen LogP contribution in [0.25, 0.3) is 0 Å². The zero-order valence-corrected chi connectivity index (χ0v) is 12.3. The standard InChI is InChI=1S/C12H8O4.C4H11N/c13-11(14)10(12(15)16)8-4-7-9-5-2-1-3-6-9;1-4(2,3)5/h1-3,5-6,8H,(H,13,14)(H,15,16);5H2,1-3H3. The van der Waals surface area contributed by atoms with Crippen molar-refractivity contribution in [2.45, 2.75) is 26.3 Å². The molecule has 0 spiro atoms. The van der Waals surface area contributed by atoms with Gasteiger partial charge in [-0.15, -0.1) is 0 Å². The van der Waals surface area contributed by atoms with Crippen LogP contribution in [0.2, 0.25) is 0 Å². The van der Waals surface area contributed by atoms with E-state index >= 15 is 0 Å². The molecule has 21 heavy (non-hydrogen) atoms. The molecule has 4 N–H and O–H groups in total. The first-order valence-electron chi connectivity index (χ1n) is 6.18. The van der Waals surface area contributed by atoms with Crippen LogP contribution in [0.5, 0.6) is 0 Å². The maximum Gasteiger partial charge on any atom is 0.338 e. The van der Waals surface area contributed by atoms with Gasteiger partial charge in [-0.05, 0) is 32.9 Å². The van der Waals surface area contributed by atoms with Crippen LogP contribution in [0.3, 0.4) is 0 Å². The zero-order valence-electron chi connectivity index (χ0n) is 12.3. The highest BCUT2D eigenvalue weighted by Gasteiger charge is 2.06. The van der Waals surface area contributed by atoms with Gasteiger partial charge in [0.05, 0.1) is 17.1 Å². The summed E-state index contributed by atoms with van der Waals surface area (Å²) in [5.41, 5.74) is 3.83.